The SMILES string of the molecule is CCCC/C=C/CCCCCCCCCCCCCCCC[N+](CCCC(=O)O)(CCCC(=O)O)CCCC(=O)O. The highest BCUT2D eigenvalue weighted by Gasteiger charge is 2.27. The number of allylic oxidation sites excluding steroid dienone is 2. The zero-order valence-electron chi connectivity index (χ0n) is 26.5. The van der Waals surface area contributed by atoms with Gasteiger partial charge >= 0.3 is 17.9 Å². The summed E-state index contributed by atoms with van der Waals surface area (Å²) >= 11 is 0. The second-order valence-electron chi connectivity index (χ2n) is 12.1. The molecule has 7 nitrogen and oxygen atoms in total. The molecule has 0 atom stereocenters. The largest absolute Gasteiger partial charge is 0.481 e. The van der Waals surface area contributed by atoms with Crippen LogP contribution in [0.15, 0.2) is 12.2 Å². The Kier molecular flexibility index (Phi) is 26.9. The lowest BCUT2D eigenvalue weighted by Gasteiger charge is -2.39. The van der Waals surface area contributed by atoms with Crippen LogP contribution < -0.4 is 0 Å². The van der Waals surface area contributed by atoms with Crippen LogP contribution in [0.4, 0.5) is 0 Å². The van der Waals surface area contributed by atoms with Crippen molar-refractivity contribution < 1.29 is 34.2 Å². The molecule has 3 N–H and O–H groups in total. The van der Waals surface area contributed by atoms with Crippen LogP contribution in [0, 0.1) is 0 Å². The zero-order valence-corrected chi connectivity index (χ0v) is 26.5. The van der Waals surface area contributed by atoms with Gasteiger partial charge in [0.05, 0.1) is 45.4 Å². The van der Waals surface area contributed by atoms with Crippen LogP contribution in [0.3, 0.4) is 0 Å². The van der Waals surface area contributed by atoms with Gasteiger partial charge in [-0.15, -0.1) is 0 Å². The number of rotatable bonds is 32. The smallest absolute Gasteiger partial charge is 0.303 e. The van der Waals surface area contributed by atoms with E-state index in [1.807, 2.05) is 0 Å². The second kappa shape index (κ2) is 28.2. The van der Waals surface area contributed by atoms with Crippen LogP contribution in [0.2, 0.25) is 0 Å². The molecule has 0 aromatic carbocycles. The molecule has 0 radical (unpaired) electrons. The number of aliphatic carboxylic acids is 3. The van der Waals surface area contributed by atoms with Gasteiger partial charge in [0.25, 0.3) is 0 Å². The highest BCUT2D eigenvalue weighted by molar-refractivity contribution is 5.67. The van der Waals surface area contributed by atoms with Crippen molar-refractivity contribution in [2.24, 2.45) is 0 Å². The van der Waals surface area contributed by atoms with E-state index in [2.05, 4.69) is 19.1 Å². The quantitative estimate of drug-likeness (QED) is 0.0414. The van der Waals surface area contributed by atoms with Gasteiger partial charge in [0.1, 0.15) is 0 Å². The second-order valence-corrected chi connectivity index (χ2v) is 12.1. The summed E-state index contributed by atoms with van der Waals surface area (Å²) in [6.07, 6.45) is 29.7. The van der Waals surface area contributed by atoms with Crippen LogP contribution >= 0.6 is 0 Å². The highest BCUT2D eigenvalue weighted by atomic mass is 16.4. The zero-order chi connectivity index (χ0) is 30.4. The maximum Gasteiger partial charge on any atom is 0.303 e. The molecule has 0 unspecified atom stereocenters. The predicted molar refractivity (Wildman–Crippen MR) is 168 cm³/mol. The summed E-state index contributed by atoms with van der Waals surface area (Å²) in [5.41, 5.74) is 0. The van der Waals surface area contributed by atoms with Gasteiger partial charge < -0.3 is 19.8 Å². The van der Waals surface area contributed by atoms with E-state index in [0.29, 0.717) is 43.4 Å². The van der Waals surface area contributed by atoms with E-state index in [9.17, 15) is 14.4 Å². The predicted octanol–water partition coefficient (Wildman–Crippen LogP) is 9.00. The first-order valence-corrected chi connectivity index (χ1v) is 17.0. The molecule has 0 bridgehead atoms. The average Bonchev–Trinajstić information content (AvgIpc) is 2.91. The van der Waals surface area contributed by atoms with Gasteiger partial charge in [0.2, 0.25) is 0 Å². The first-order valence-electron chi connectivity index (χ1n) is 17.0. The maximum atomic E-state index is 11.1. The Labute approximate surface area is 251 Å². The standard InChI is InChI=1S/C34H63NO6/c1-2-3-4-5-6-7-8-9-10-11-12-13-14-15-16-17-18-19-20-21-28-35(29-22-25-32(36)37,30-23-26-33(38)39)31-24-27-34(40)41/h5-6H,2-4,7-31H2,1H3,(H2-,36,37,38,39,40,41)/p+1/b6-5+. The summed E-state index contributed by atoms with van der Waals surface area (Å²) in [6.45, 7) is 5.12. The van der Waals surface area contributed by atoms with Crippen LogP contribution in [-0.4, -0.2) is 63.9 Å². The van der Waals surface area contributed by atoms with E-state index in [4.69, 9.17) is 15.3 Å². The molecule has 0 fully saturated rings. The van der Waals surface area contributed by atoms with E-state index in [1.165, 1.54) is 103 Å². The van der Waals surface area contributed by atoms with Crippen molar-refractivity contribution in [3.8, 4) is 0 Å². The number of unbranched alkanes of at least 4 members (excludes halogenated alkanes) is 16. The number of quaternary nitrogens is 1. The third kappa shape index (κ3) is 28.0. The van der Waals surface area contributed by atoms with Gasteiger partial charge in [0.15, 0.2) is 0 Å². The van der Waals surface area contributed by atoms with Gasteiger partial charge in [-0.2, -0.15) is 0 Å². The van der Waals surface area contributed by atoms with Crippen molar-refractivity contribution in [2.75, 3.05) is 26.2 Å². The molecule has 0 aromatic rings. The van der Waals surface area contributed by atoms with E-state index in [-0.39, 0.29) is 19.3 Å². The Morgan fingerprint density at radius 1 is 0.439 bits per heavy atom. The van der Waals surface area contributed by atoms with Crippen molar-refractivity contribution >= 4 is 17.9 Å². The molecule has 0 saturated carbocycles. The number of carboxylic acids is 3. The molecule has 0 aliphatic carbocycles. The van der Waals surface area contributed by atoms with Crippen LogP contribution in [0.5, 0.6) is 0 Å². The van der Waals surface area contributed by atoms with Gasteiger partial charge in [-0.1, -0.05) is 103 Å². The Bertz CT molecular complexity index is 628. The first kappa shape index (κ1) is 39.1. The molecule has 0 rings (SSSR count). The average molecular weight is 583 g/mol. The molecule has 41 heavy (non-hydrogen) atoms. The lowest BCUT2D eigenvalue weighted by molar-refractivity contribution is -0.929. The maximum absolute atomic E-state index is 11.1. The molecule has 0 aromatic heterocycles. The monoisotopic (exact) mass is 582 g/mol. The lowest BCUT2D eigenvalue weighted by Crippen LogP contribution is -2.51. The summed E-state index contributed by atoms with van der Waals surface area (Å²) in [6, 6.07) is 0. The fourth-order valence-electron chi connectivity index (χ4n) is 5.76. The summed E-state index contributed by atoms with van der Waals surface area (Å²) in [5, 5.41) is 27.3. The molecule has 0 aliphatic heterocycles. The summed E-state index contributed by atoms with van der Waals surface area (Å²) < 4.78 is 0.643. The normalized spacial score (nSPS) is 11.8. The number of hydrogen-bond acceptors (Lipinski definition) is 3. The Morgan fingerprint density at radius 3 is 1.07 bits per heavy atom. The Hall–Kier alpha value is -1.89. The summed E-state index contributed by atoms with van der Waals surface area (Å²) in [4.78, 5) is 33.2. The van der Waals surface area contributed by atoms with Gasteiger partial charge in [-0.3, -0.25) is 14.4 Å². The van der Waals surface area contributed by atoms with Crippen molar-refractivity contribution in [2.45, 2.75) is 161 Å². The molecule has 7 heteroatoms. The number of carbonyl (C=O) groups is 3. The molecule has 0 amide bonds. The molecule has 0 saturated heterocycles. The molecule has 240 valence electrons. The minimum absolute atomic E-state index is 0.0922. The van der Waals surface area contributed by atoms with Crippen LogP contribution in [-0.2, 0) is 14.4 Å². The molecule has 0 spiro atoms. The number of carboxylic acid groups (broad SMARTS) is 3. The third-order valence-electron chi connectivity index (χ3n) is 8.21. The highest BCUT2D eigenvalue weighted by Crippen LogP contribution is 2.19. The Morgan fingerprint density at radius 2 is 0.732 bits per heavy atom. The lowest BCUT2D eigenvalue weighted by atomic mass is 10.0. The molecular formula is C34H64NO6+. The molecular weight excluding hydrogens is 518 g/mol. The van der Waals surface area contributed by atoms with Gasteiger partial charge in [0, 0.05) is 19.3 Å². The van der Waals surface area contributed by atoms with E-state index in [0.717, 1.165) is 19.4 Å². The van der Waals surface area contributed by atoms with Gasteiger partial charge in [-0.05, 0) is 32.1 Å². The van der Waals surface area contributed by atoms with Crippen LogP contribution in [0.25, 0.3) is 0 Å². The van der Waals surface area contributed by atoms with Crippen LogP contribution in [0.1, 0.15) is 161 Å². The Balaban J connectivity index is 4.06. The third-order valence-corrected chi connectivity index (χ3v) is 8.21. The summed E-state index contributed by atoms with van der Waals surface area (Å²) in [7, 11) is 0. The fourth-order valence-corrected chi connectivity index (χ4v) is 5.76. The summed E-state index contributed by atoms with van der Waals surface area (Å²) in [5.74, 6) is -2.47. The first-order chi connectivity index (χ1) is 19.8. The van der Waals surface area contributed by atoms with Crippen molar-refractivity contribution in [1.82, 2.24) is 0 Å². The number of hydrogen-bond donors (Lipinski definition) is 3. The van der Waals surface area contributed by atoms with E-state index >= 15 is 0 Å². The molecule has 0 aliphatic rings. The fraction of sp³-hybridized carbons (Fsp3) is 0.853. The topological polar surface area (TPSA) is 112 Å². The van der Waals surface area contributed by atoms with Crippen molar-refractivity contribution in [3.63, 3.8) is 0 Å². The molecule has 0 heterocycles. The van der Waals surface area contributed by atoms with Crippen molar-refractivity contribution in [3.05, 3.63) is 12.2 Å². The van der Waals surface area contributed by atoms with Crippen molar-refractivity contribution in [1.29, 1.82) is 0 Å². The van der Waals surface area contributed by atoms with E-state index < -0.39 is 17.9 Å². The number of nitrogens with zero attached hydrogens (tertiary/aromatic N) is 1. The van der Waals surface area contributed by atoms with E-state index in [1.54, 1.807) is 0 Å². The minimum atomic E-state index is -0.823. The minimum Gasteiger partial charge on any atom is -0.481 e. The van der Waals surface area contributed by atoms with Gasteiger partial charge in [-0.25, -0.2) is 0 Å².